The fraction of sp³-hybridized carbons (Fsp3) is 1.00. The standard InChI is InChI=1S/C54H111O4P/c1-7-13-19-25-31-37-43-49-52(46-40-34-28-22-16-10-4)56-59(55,57-53(47-41-35-29-23-17-11-5)50-44-38-32-26-20-14-8-2)58-54(48-42-36-30-24-18-12-6)51-45-39-33-27-21-15-9-3/h52-54H,7-51H2,1-6H3. The second kappa shape index (κ2) is 47.6. The molecule has 0 aliphatic rings. The van der Waals surface area contributed by atoms with Crippen LogP contribution in [0.5, 0.6) is 0 Å². The average molecular weight is 855 g/mol. The topological polar surface area (TPSA) is 44.8 Å². The van der Waals surface area contributed by atoms with Crippen LogP contribution < -0.4 is 0 Å². The molecule has 0 rings (SSSR count). The van der Waals surface area contributed by atoms with Crippen molar-refractivity contribution in [2.75, 3.05) is 0 Å². The Bertz CT molecular complexity index is 731. The average Bonchev–Trinajstić information content (AvgIpc) is 3.23. The summed E-state index contributed by atoms with van der Waals surface area (Å²) in [5.41, 5.74) is 0. The fourth-order valence-corrected chi connectivity index (χ4v) is 10.7. The molecule has 0 N–H and O–H groups in total. The first-order chi connectivity index (χ1) is 29.0. The van der Waals surface area contributed by atoms with Gasteiger partial charge in [0.05, 0.1) is 18.3 Å². The van der Waals surface area contributed by atoms with E-state index < -0.39 is 7.82 Å². The summed E-state index contributed by atoms with van der Waals surface area (Å²) in [6.07, 6.45) is 55.5. The molecule has 0 amide bonds. The second-order valence-electron chi connectivity index (χ2n) is 19.0. The van der Waals surface area contributed by atoms with Crippen LogP contribution in [-0.2, 0) is 18.1 Å². The first-order valence-electron chi connectivity index (χ1n) is 27.6. The van der Waals surface area contributed by atoms with Crippen molar-refractivity contribution in [1.82, 2.24) is 0 Å². The third kappa shape index (κ3) is 41.9. The van der Waals surface area contributed by atoms with Crippen molar-refractivity contribution in [1.29, 1.82) is 0 Å². The van der Waals surface area contributed by atoms with E-state index in [2.05, 4.69) is 41.5 Å². The Kier molecular flexibility index (Phi) is 47.7. The van der Waals surface area contributed by atoms with E-state index in [1.54, 1.807) is 0 Å². The van der Waals surface area contributed by atoms with Crippen LogP contribution >= 0.6 is 7.82 Å². The van der Waals surface area contributed by atoms with Crippen LogP contribution in [0.2, 0.25) is 0 Å². The van der Waals surface area contributed by atoms with Crippen LogP contribution in [0, 0.1) is 0 Å². The highest BCUT2D eigenvalue weighted by molar-refractivity contribution is 7.48. The summed E-state index contributed by atoms with van der Waals surface area (Å²) in [6.45, 7) is 13.8. The lowest BCUT2D eigenvalue weighted by Crippen LogP contribution is -2.22. The summed E-state index contributed by atoms with van der Waals surface area (Å²) in [6, 6.07) is 0. The van der Waals surface area contributed by atoms with Crippen molar-refractivity contribution in [3.05, 3.63) is 0 Å². The lowest BCUT2D eigenvalue weighted by atomic mass is 10.0. The van der Waals surface area contributed by atoms with Gasteiger partial charge in [-0.2, -0.15) is 0 Å². The molecule has 0 aromatic carbocycles. The van der Waals surface area contributed by atoms with E-state index in [4.69, 9.17) is 13.6 Å². The van der Waals surface area contributed by atoms with Crippen molar-refractivity contribution in [2.45, 2.75) is 349 Å². The Morgan fingerprint density at radius 3 is 0.525 bits per heavy atom. The quantitative estimate of drug-likeness (QED) is 0.0452. The summed E-state index contributed by atoms with van der Waals surface area (Å²) in [7, 11) is -3.80. The largest absolute Gasteiger partial charge is 0.475 e. The van der Waals surface area contributed by atoms with Gasteiger partial charge in [0.15, 0.2) is 0 Å². The molecule has 3 unspecified atom stereocenters. The van der Waals surface area contributed by atoms with Crippen LogP contribution in [0.25, 0.3) is 0 Å². The van der Waals surface area contributed by atoms with E-state index in [0.29, 0.717) is 0 Å². The molecular weight excluding hydrogens is 744 g/mol. The summed E-state index contributed by atoms with van der Waals surface area (Å²) in [4.78, 5) is 0. The van der Waals surface area contributed by atoms with Crippen LogP contribution in [0.3, 0.4) is 0 Å². The van der Waals surface area contributed by atoms with Gasteiger partial charge in [-0.3, -0.25) is 13.6 Å². The van der Waals surface area contributed by atoms with Crippen LogP contribution in [0.1, 0.15) is 330 Å². The summed E-state index contributed by atoms with van der Waals surface area (Å²) in [5.74, 6) is 0. The molecule has 3 atom stereocenters. The van der Waals surface area contributed by atoms with Gasteiger partial charge in [-0.05, 0) is 38.5 Å². The molecule has 0 aromatic rings. The number of unbranched alkanes of at least 4 members (excludes halogenated alkanes) is 33. The van der Waals surface area contributed by atoms with Gasteiger partial charge in [-0.1, -0.05) is 292 Å². The highest BCUT2D eigenvalue weighted by Crippen LogP contribution is 2.55. The molecule has 0 radical (unpaired) electrons. The van der Waals surface area contributed by atoms with Crippen molar-refractivity contribution in [2.24, 2.45) is 0 Å². The molecule has 0 spiro atoms. The molecule has 5 heteroatoms. The maximum absolute atomic E-state index is 15.5. The van der Waals surface area contributed by atoms with Crippen LogP contribution in [0.4, 0.5) is 0 Å². The third-order valence-corrected chi connectivity index (χ3v) is 14.5. The van der Waals surface area contributed by atoms with Crippen molar-refractivity contribution in [3.8, 4) is 0 Å². The molecule has 0 bridgehead atoms. The Morgan fingerprint density at radius 1 is 0.237 bits per heavy atom. The minimum absolute atomic E-state index is 0.0517. The van der Waals surface area contributed by atoms with Gasteiger partial charge in [0.1, 0.15) is 0 Å². The van der Waals surface area contributed by atoms with Gasteiger partial charge in [0.25, 0.3) is 0 Å². The first-order valence-corrected chi connectivity index (χ1v) is 29.1. The van der Waals surface area contributed by atoms with Gasteiger partial charge in [0, 0.05) is 0 Å². The van der Waals surface area contributed by atoms with Gasteiger partial charge in [-0.25, -0.2) is 4.57 Å². The predicted octanol–water partition coefficient (Wildman–Crippen LogP) is 20.9. The van der Waals surface area contributed by atoms with Gasteiger partial charge in [0.2, 0.25) is 0 Å². The second-order valence-corrected chi connectivity index (χ2v) is 20.6. The van der Waals surface area contributed by atoms with Crippen molar-refractivity contribution < 1.29 is 18.1 Å². The molecule has 0 aromatic heterocycles. The highest BCUT2D eigenvalue weighted by atomic mass is 31.2. The zero-order valence-corrected chi connectivity index (χ0v) is 42.5. The number of hydrogen-bond donors (Lipinski definition) is 0. The van der Waals surface area contributed by atoms with Gasteiger partial charge in [-0.15, -0.1) is 0 Å². The lowest BCUT2D eigenvalue weighted by molar-refractivity contribution is 0.0156. The molecule has 4 nitrogen and oxygen atoms in total. The monoisotopic (exact) mass is 855 g/mol. The minimum Gasteiger partial charge on any atom is -0.284 e. The van der Waals surface area contributed by atoms with Crippen LogP contribution in [-0.4, -0.2) is 18.3 Å². The molecule has 0 saturated heterocycles. The molecular formula is C54H111O4P. The number of hydrogen-bond acceptors (Lipinski definition) is 4. The van der Waals surface area contributed by atoms with Crippen molar-refractivity contribution in [3.63, 3.8) is 0 Å². The van der Waals surface area contributed by atoms with E-state index in [0.717, 1.165) is 77.0 Å². The smallest absolute Gasteiger partial charge is 0.284 e. The zero-order valence-electron chi connectivity index (χ0n) is 41.6. The SMILES string of the molecule is CCCCCCCCCC(CCCCCCCC)OP(=O)(OC(CCCCCCCC)CCCCCCCCC)OC(CCCCCCCC)CCCCCCCCC. The molecule has 59 heavy (non-hydrogen) atoms. The van der Waals surface area contributed by atoms with E-state index in [9.17, 15) is 0 Å². The van der Waals surface area contributed by atoms with Crippen LogP contribution in [0.15, 0.2) is 0 Å². The maximum atomic E-state index is 15.5. The Balaban J connectivity index is 6.26. The number of rotatable bonds is 51. The zero-order chi connectivity index (χ0) is 43.2. The number of phosphoric ester groups is 1. The summed E-state index contributed by atoms with van der Waals surface area (Å²) < 4.78 is 36.4. The number of phosphoric acid groups is 1. The minimum atomic E-state index is -3.80. The molecule has 0 fully saturated rings. The summed E-state index contributed by atoms with van der Waals surface area (Å²) >= 11 is 0. The fourth-order valence-electron chi connectivity index (χ4n) is 8.82. The lowest BCUT2D eigenvalue weighted by Gasteiger charge is -2.31. The van der Waals surface area contributed by atoms with Gasteiger partial charge < -0.3 is 0 Å². The van der Waals surface area contributed by atoms with Gasteiger partial charge >= 0.3 is 7.82 Å². The third-order valence-electron chi connectivity index (χ3n) is 12.9. The van der Waals surface area contributed by atoms with E-state index in [1.807, 2.05) is 0 Å². The first kappa shape index (κ1) is 59.1. The normalized spacial score (nSPS) is 14.5. The maximum Gasteiger partial charge on any atom is 0.475 e. The molecule has 0 heterocycles. The van der Waals surface area contributed by atoms with E-state index in [-0.39, 0.29) is 18.3 Å². The molecule has 0 aliphatic carbocycles. The van der Waals surface area contributed by atoms with E-state index >= 15 is 4.57 Å². The Morgan fingerprint density at radius 2 is 0.373 bits per heavy atom. The van der Waals surface area contributed by atoms with E-state index in [1.165, 1.54) is 212 Å². The molecule has 0 saturated carbocycles. The molecule has 0 aliphatic heterocycles. The Hall–Kier alpha value is 0.110. The van der Waals surface area contributed by atoms with Crippen molar-refractivity contribution >= 4 is 7.82 Å². The molecule has 356 valence electrons. The summed E-state index contributed by atoms with van der Waals surface area (Å²) in [5, 5.41) is 0. The Labute approximate surface area is 373 Å². The predicted molar refractivity (Wildman–Crippen MR) is 264 cm³/mol. The highest BCUT2D eigenvalue weighted by Gasteiger charge is 2.36.